The molecule has 2 rings (SSSR count). The second-order valence-electron chi connectivity index (χ2n) is 6.44. The van der Waals surface area contributed by atoms with E-state index in [2.05, 4.69) is 11.9 Å². The molecule has 26 heavy (non-hydrogen) atoms. The fraction of sp³-hybridized carbons (Fsp3) is 0.389. The molecule has 0 spiro atoms. The molecule has 1 aliphatic heterocycles. The summed E-state index contributed by atoms with van der Waals surface area (Å²) in [5.41, 5.74) is -0.708. The van der Waals surface area contributed by atoms with Crippen molar-refractivity contribution in [3.63, 3.8) is 0 Å². The SMILES string of the molecule is C=C(C)CN(CC)C(=O)CN1C(=O)NC(C)(c2ccc(F)c(F)c2)C1=O. The van der Waals surface area contributed by atoms with E-state index in [1.54, 1.807) is 13.8 Å². The monoisotopic (exact) mass is 365 g/mol. The Hall–Kier alpha value is -2.77. The molecule has 1 saturated heterocycles. The van der Waals surface area contributed by atoms with E-state index in [1.165, 1.54) is 17.9 Å². The first-order chi connectivity index (χ1) is 12.1. The first kappa shape index (κ1) is 19.6. The van der Waals surface area contributed by atoms with Crippen LogP contribution in [0.25, 0.3) is 0 Å². The van der Waals surface area contributed by atoms with Gasteiger partial charge in [-0.25, -0.2) is 13.6 Å². The molecule has 1 aromatic rings. The molecular weight excluding hydrogens is 344 g/mol. The maximum atomic E-state index is 13.5. The zero-order valence-corrected chi connectivity index (χ0v) is 14.9. The van der Waals surface area contributed by atoms with Gasteiger partial charge in [0.15, 0.2) is 11.6 Å². The predicted molar refractivity (Wildman–Crippen MR) is 91.0 cm³/mol. The van der Waals surface area contributed by atoms with Crippen LogP contribution in [0.3, 0.4) is 0 Å². The van der Waals surface area contributed by atoms with Crippen LogP contribution in [0.5, 0.6) is 0 Å². The second-order valence-corrected chi connectivity index (χ2v) is 6.44. The number of amides is 4. The number of hydrogen-bond donors (Lipinski definition) is 1. The largest absolute Gasteiger partial charge is 0.337 e. The zero-order chi connectivity index (χ0) is 19.6. The predicted octanol–water partition coefficient (Wildman–Crippen LogP) is 2.16. The summed E-state index contributed by atoms with van der Waals surface area (Å²) >= 11 is 0. The number of rotatable bonds is 6. The number of nitrogens with zero attached hydrogens (tertiary/aromatic N) is 2. The van der Waals surface area contributed by atoms with Crippen LogP contribution < -0.4 is 5.32 Å². The van der Waals surface area contributed by atoms with Crippen molar-refractivity contribution in [2.45, 2.75) is 26.3 Å². The molecule has 1 aliphatic rings. The van der Waals surface area contributed by atoms with E-state index in [1.807, 2.05) is 0 Å². The quantitative estimate of drug-likeness (QED) is 0.620. The number of likely N-dealkylation sites (N-methyl/N-ethyl adjacent to an activating group) is 1. The van der Waals surface area contributed by atoms with Crippen LogP contribution in [-0.2, 0) is 15.1 Å². The van der Waals surface area contributed by atoms with E-state index in [-0.39, 0.29) is 5.56 Å². The van der Waals surface area contributed by atoms with Gasteiger partial charge in [-0.05, 0) is 38.5 Å². The van der Waals surface area contributed by atoms with E-state index in [9.17, 15) is 23.2 Å². The molecule has 6 nitrogen and oxygen atoms in total. The smallest absolute Gasteiger partial charge is 0.325 e. The van der Waals surface area contributed by atoms with Crippen molar-refractivity contribution in [3.8, 4) is 0 Å². The van der Waals surface area contributed by atoms with Crippen LogP contribution in [0.2, 0.25) is 0 Å². The Balaban J connectivity index is 2.23. The second kappa shape index (κ2) is 7.23. The van der Waals surface area contributed by atoms with Gasteiger partial charge in [-0.2, -0.15) is 0 Å². The number of urea groups is 1. The van der Waals surface area contributed by atoms with Gasteiger partial charge in [-0.15, -0.1) is 0 Å². The molecule has 0 aromatic heterocycles. The Bertz CT molecular complexity index is 781. The van der Waals surface area contributed by atoms with Crippen LogP contribution >= 0.6 is 0 Å². The lowest BCUT2D eigenvalue weighted by molar-refractivity contribution is -0.138. The third-order valence-electron chi connectivity index (χ3n) is 4.26. The summed E-state index contributed by atoms with van der Waals surface area (Å²) in [7, 11) is 0. The Morgan fingerprint density at radius 2 is 1.96 bits per heavy atom. The highest BCUT2D eigenvalue weighted by Crippen LogP contribution is 2.29. The zero-order valence-electron chi connectivity index (χ0n) is 14.9. The summed E-state index contributed by atoms with van der Waals surface area (Å²) < 4.78 is 26.7. The summed E-state index contributed by atoms with van der Waals surface area (Å²) in [5.74, 6) is -3.29. The van der Waals surface area contributed by atoms with E-state index in [0.29, 0.717) is 13.1 Å². The van der Waals surface area contributed by atoms with Crippen molar-refractivity contribution in [1.82, 2.24) is 15.1 Å². The topological polar surface area (TPSA) is 69.7 Å². The number of carbonyl (C=O) groups is 3. The standard InChI is InChI=1S/C18H21F2N3O3/c1-5-22(9-11(2)3)15(24)10-23-16(25)18(4,21-17(23)26)12-6-7-13(19)14(20)8-12/h6-8H,2,5,9-10H2,1,3-4H3,(H,21,26). The van der Waals surface area contributed by atoms with Gasteiger partial charge < -0.3 is 10.2 Å². The molecule has 1 atom stereocenters. The molecule has 1 unspecified atom stereocenters. The molecule has 1 N–H and O–H groups in total. The molecule has 1 fully saturated rings. The van der Waals surface area contributed by atoms with Gasteiger partial charge in [0.25, 0.3) is 5.91 Å². The van der Waals surface area contributed by atoms with Crippen LogP contribution in [0.1, 0.15) is 26.3 Å². The average Bonchev–Trinajstić information content (AvgIpc) is 2.79. The number of imide groups is 1. The Morgan fingerprint density at radius 3 is 2.50 bits per heavy atom. The van der Waals surface area contributed by atoms with Gasteiger partial charge in [-0.1, -0.05) is 18.2 Å². The molecule has 140 valence electrons. The van der Waals surface area contributed by atoms with Crippen molar-refractivity contribution in [2.75, 3.05) is 19.6 Å². The van der Waals surface area contributed by atoms with Gasteiger partial charge >= 0.3 is 6.03 Å². The van der Waals surface area contributed by atoms with Gasteiger partial charge in [0.05, 0.1) is 0 Å². The summed E-state index contributed by atoms with van der Waals surface area (Å²) in [5, 5.41) is 2.46. The highest BCUT2D eigenvalue weighted by atomic mass is 19.2. The van der Waals surface area contributed by atoms with E-state index in [4.69, 9.17) is 0 Å². The number of hydrogen-bond acceptors (Lipinski definition) is 3. The first-order valence-corrected chi connectivity index (χ1v) is 8.12. The molecule has 1 heterocycles. The van der Waals surface area contributed by atoms with E-state index < -0.39 is 41.6 Å². The fourth-order valence-electron chi connectivity index (χ4n) is 2.78. The van der Waals surface area contributed by atoms with Crippen LogP contribution in [-0.4, -0.2) is 47.3 Å². The molecule has 0 bridgehead atoms. The molecule has 0 aliphatic carbocycles. The lowest BCUT2D eigenvalue weighted by Gasteiger charge is -2.24. The molecule has 8 heteroatoms. The van der Waals surface area contributed by atoms with Crippen molar-refractivity contribution >= 4 is 17.8 Å². The van der Waals surface area contributed by atoms with Gasteiger partial charge in [0, 0.05) is 13.1 Å². The third kappa shape index (κ3) is 3.58. The van der Waals surface area contributed by atoms with Crippen molar-refractivity contribution in [1.29, 1.82) is 0 Å². The van der Waals surface area contributed by atoms with Crippen LogP contribution in [0, 0.1) is 11.6 Å². The summed E-state index contributed by atoms with van der Waals surface area (Å²) in [6.07, 6.45) is 0. The highest BCUT2D eigenvalue weighted by Gasteiger charge is 2.49. The van der Waals surface area contributed by atoms with Crippen LogP contribution in [0.15, 0.2) is 30.4 Å². The Kier molecular flexibility index (Phi) is 5.44. The van der Waals surface area contributed by atoms with Gasteiger partial charge in [0.1, 0.15) is 12.1 Å². The van der Waals surface area contributed by atoms with Gasteiger partial charge in [0.2, 0.25) is 5.91 Å². The average molecular weight is 365 g/mol. The molecule has 1 aromatic carbocycles. The molecule has 0 saturated carbocycles. The summed E-state index contributed by atoms with van der Waals surface area (Å²) in [6, 6.07) is 2.20. The maximum absolute atomic E-state index is 13.5. The van der Waals surface area contributed by atoms with E-state index in [0.717, 1.165) is 22.6 Å². The normalized spacial score (nSPS) is 19.5. The minimum Gasteiger partial charge on any atom is -0.337 e. The Labute approximate surface area is 150 Å². The van der Waals surface area contributed by atoms with Crippen LogP contribution in [0.4, 0.5) is 13.6 Å². The lowest BCUT2D eigenvalue weighted by Crippen LogP contribution is -2.45. The minimum atomic E-state index is -1.57. The molecular formula is C18H21F2N3O3. The van der Waals surface area contributed by atoms with Gasteiger partial charge in [-0.3, -0.25) is 14.5 Å². The number of carbonyl (C=O) groups excluding carboxylic acids is 3. The summed E-state index contributed by atoms with van der Waals surface area (Å²) in [4.78, 5) is 39.6. The maximum Gasteiger partial charge on any atom is 0.325 e. The lowest BCUT2D eigenvalue weighted by atomic mass is 9.92. The first-order valence-electron chi connectivity index (χ1n) is 8.12. The van der Waals surface area contributed by atoms with Crippen molar-refractivity contribution < 1.29 is 23.2 Å². The Morgan fingerprint density at radius 1 is 1.31 bits per heavy atom. The van der Waals surface area contributed by atoms with E-state index >= 15 is 0 Å². The fourth-order valence-corrected chi connectivity index (χ4v) is 2.78. The third-order valence-corrected chi connectivity index (χ3v) is 4.26. The number of halogens is 2. The number of benzene rings is 1. The number of nitrogens with one attached hydrogen (secondary N) is 1. The minimum absolute atomic E-state index is 0.0963. The van der Waals surface area contributed by atoms with Crippen molar-refractivity contribution in [3.05, 3.63) is 47.5 Å². The molecule has 4 amide bonds. The van der Waals surface area contributed by atoms with Crippen molar-refractivity contribution in [2.24, 2.45) is 0 Å². The highest BCUT2D eigenvalue weighted by molar-refractivity contribution is 6.09. The summed E-state index contributed by atoms with van der Waals surface area (Å²) in [6.45, 7) is 8.95. The molecule has 0 radical (unpaired) electrons.